The lowest BCUT2D eigenvalue weighted by Crippen LogP contribution is -2.30. The fourth-order valence-corrected chi connectivity index (χ4v) is 3.95. The summed E-state index contributed by atoms with van der Waals surface area (Å²) in [5.74, 6) is 2.13. The summed E-state index contributed by atoms with van der Waals surface area (Å²) in [5, 5.41) is 9.31. The van der Waals surface area contributed by atoms with Gasteiger partial charge >= 0.3 is 0 Å². The van der Waals surface area contributed by atoms with Crippen molar-refractivity contribution < 1.29 is 0 Å². The van der Waals surface area contributed by atoms with E-state index >= 15 is 0 Å². The molecule has 0 radical (unpaired) electrons. The zero-order valence-electron chi connectivity index (χ0n) is 12.3. The van der Waals surface area contributed by atoms with Gasteiger partial charge in [0.05, 0.1) is 0 Å². The summed E-state index contributed by atoms with van der Waals surface area (Å²) >= 11 is 9.06. The van der Waals surface area contributed by atoms with Gasteiger partial charge in [-0.05, 0) is 60.8 Å². The Bertz CT molecular complexity index is 559. The maximum absolute atomic E-state index is 5.32. The Morgan fingerprint density at radius 1 is 1.24 bits per heavy atom. The number of rotatable bonds is 6. The molecule has 0 aliphatic rings. The average molecular weight is 337 g/mol. The van der Waals surface area contributed by atoms with Gasteiger partial charge in [0.2, 0.25) is 0 Å². The first-order valence-corrected chi connectivity index (χ1v) is 9.31. The molecule has 5 heteroatoms. The van der Waals surface area contributed by atoms with Crippen LogP contribution in [0.3, 0.4) is 0 Å². The van der Waals surface area contributed by atoms with Gasteiger partial charge in [0.25, 0.3) is 0 Å². The van der Waals surface area contributed by atoms with Crippen LogP contribution in [0.2, 0.25) is 0 Å². The van der Waals surface area contributed by atoms with Crippen LogP contribution in [0.5, 0.6) is 0 Å². The minimum atomic E-state index is 0.691. The van der Waals surface area contributed by atoms with Gasteiger partial charge in [-0.3, -0.25) is 0 Å². The van der Waals surface area contributed by atoms with E-state index in [4.69, 9.17) is 12.2 Å². The summed E-state index contributed by atoms with van der Waals surface area (Å²) in [6.07, 6.45) is 0. The minimum Gasteiger partial charge on any atom is -0.362 e. The number of aryl methyl sites for hydroxylation is 2. The van der Waals surface area contributed by atoms with Crippen LogP contribution in [0.25, 0.3) is 0 Å². The lowest BCUT2D eigenvalue weighted by Gasteiger charge is -2.11. The second-order valence-corrected chi connectivity index (χ2v) is 7.43. The van der Waals surface area contributed by atoms with Gasteiger partial charge in [0.1, 0.15) is 0 Å². The fraction of sp³-hybridized carbons (Fsp3) is 0.312. The maximum Gasteiger partial charge on any atom is 0.170 e. The molecule has 0 atom stereocenters. The molecule has 112 valence electrons. The van der Waals surface area contributed by atoms with Crippen molar-refractivity contribution in [3.8, 4) is 0 Å². The molecule has 0 aliphatic heterocycles. The molecule has 0 amide bonds. The SMILES string of the molecule is Cc1cc(C)cc(NC(=S)NCCSCc2cccs2)c1. The predicted octanol–water partition coefficient (Wildman–Crippen LogP) is 4.58. The van der Waals surface area contributed by atoms with Crippen molar-refractivity contribution in [3.05, 3.63) is 51.7 Å². The van der Waals surface area contributed by atoms with E-state index < -0.39 is 0 Å². The van der Waals surface area contributed by atoms with Crippen LogP contribution in [0, 0.1) is 13.8 Å². The van der Waals surface area contributed by atoms with Gasteiger partial charge in [-0.25, -0.2) is 0 Å². The van der Waals surface area contributed by atoms with Crippen molar-refractivity contribution in [2.45, 2.75) is 19.6 Å². The number of hydrogen-bond donors (Lipinski definition) is 2. The molecule has 1 aromatic heterocycles. The fourth-order valence-electron chi connectivity index (χ4n) is 2.03. The molecular weight excluding hydrogens is 316 g/mol. The van der Waals surface area contributed by atoms with E-state index in [1.165, 1.54) is 16.0 Å². The number of hydrogen-bond acceptors (Lipinski definition) is 3. The first-order valence-electron chi connectivity index (χ1n) is 6.87. The highest BCUT2D eigenvalue weighted by molar-refractivity contribution is 7.98. The molecule has 0 fully saturated rings. The van der Waals surface area contributed by atoms with Crippen LogP contribution in [-0.2, 0) is 5.75 Å². The van der Waals surface area contributed by atoms with Gasteiger partial charge < -0.3 is 10.6 Å². The molecule has 0 aliphatic carbocycles. The Labute approximate surface area is 140 Å². The number of anilines is 1. The molecule has 0 spiro atoms. The van der Waals surface area contributed by atoms with E-state index in [9.17, 15) is 0 Å². The summed E-state index contributed by atoms with van der Waals surface area (Å²) in [5.41, 5.74) is 3.54. The number of nitrogens with one attached hydrogen (secondary N) is 2. The lowest BCUT2D eigenvalue weighted by atomic mass is 10.1. The largest absolute Gasteiger partial charge is 0.362 e. The predicted molar refractivity (Wildman–Crippen MR) is 101 cm³/mol. The molecule has 2 nitrogen and oxygen atoms in total. The van der Waals surface area contributed by atoms with Crippen molar-refractivity contribution >= 4 is 46.1 Å². The van der Waals surface area contributed by atoms with Crippen molar-refractivity contribution in [3.63, 3.8) is 0 Å². The molecule has 1 heterocycles. The molecule has 0 saturated heterocycles. The summed E-state index contributed by atoms with van der Waals surface area (Å²) in [6, 6.07) is 10.6. The zero-order valence-corrected chi connectivity index (χ0v) is 14.8. The van der Waals surface area contributed by atoms with Gasteiger partial charge in [-0.15, -0.1) is 11.3 Å². The Balaban J connectivity index is 1.65. The number of thioether (sulfide) groups is 1. The lowest BCUT2D eigenvalue weighted by molar-refractivity contribution is 0.990. The molecule has 2 rings (SSSR count). The first kappa shape index (κ1) is 16.3. The quantitative estimate of drug-likeness (QED) is 0.595. The summed E-state index contributed by atoms with van der Waals surface area (Å²) in [6.45, 7) is 5.07. The molecule has 2 N–H and O–H groups in total. The van der Waals surface area contributed by atoms with Crippen molar-refractivity contribution in [2.24, 2.45) is 0 Å². The van der Waals surface area contributed by atoms with Gasteiger partial charge in [0, 0.05) is 28.6 Å². The van der Waals surface area contributed by atoms with Gasteiger partial charge in [-0.2, -0.15) is 11.8 Å². The third kappa shape index (κ3) is 6.08. The second kappa shape index (κ2) is 8.41. The van der Waals surface area contributed by atoms with E-state index in [1.54, 1.807) is 0 Å². The molecule has 0 bridgehead atoms. The van der Waals surface area contributed by atoms with Crippen LogP contribution in [0.4, 0.5) is 5.69 Å². The van der Waals surface area contributed by atoms with E-state index in [1.807, 2.05) is 23.1 Å². The first-order chi connectivity index (χ1) is 10.1. The third-order valence-corrected chi connectivity index (χ3v) is 5.15. The van der Waals surface area contributed by atoms with Crippen molar-refractivity contribution in [2.75, 3.05) is 17.6 Å². The highest BCUT2D eigenvalue weighted by Crippen LogP contribution is 2.16. The number of benzene rings is 1. The third-order valence-electron chi connectivity index (χ3n) is 2.84. The minimum absolute atomic E-state index is 0.691. The number of thiocarbonyl (C=S) groups is 1. The number of thiophene rings is 1. The van der Waals surface area contributed by atoms with E-state index in [0.29, 0.717) is 5.11 Å². The Hall–Kier alpha value is -1.04. The normalized spacial score (nSPS) is 10.4. The summed E-state index contributed by atoms with van der Waals surface area (Å²) in [7, 11) is 0. The molecule has 1 aromatic carbocycles. The average Bonchev–Trinajstić information content (AvgIpc) is 2.90. The van der Waals surface area contributed by atoms with Gasteiger partial charge in [0.15, 0.2) is 5.11 Å². The Morgan fingerprint density at radius 3 is 2.67 bits per heavy atom. The molecule has 21 heavy (non-hydrogen) atoms. The molecule has 0 saturated carbocycles. The van der Waals surface area contributed by atoms with Crippen LogP contribution in [0.1, 0.15) is 16.0 Å². The second-order valence-electron chi connectivity index (χ2n) is 4.89. The van der Waals surface area contributed by atoms with Crippen LogP contribution in [0.15, 0.2) is 35.7 Å². The maximum atomic E-state index is 5.32. The Kier molecular flexibility index (Phi) is 6.54. The summed E-state index contributed by atoms with van der Waals surface area (Å²) in [4.78, 5) is 1.43. The highest BCUT2D eigenvalue weighted by Gasteiger charge is 2.00. The van der Waals surface area contributed by atoms with Crippen molar-refractivity contribution in [1.29, 1.82) is 0 Å². The van der Waals surface area contributed by atoms with Gasteiger partial charge in [-0.1, -0.05) is 12.1 Å². The highest BCUT2D eigenvalue weighted by atomic mass is 32.2. The van der Waals surface area contributed by atoms with Crippen LogP contribution >= 0.6 is 35.3 Å². The zero-order chi connectivity index (χ0) is 15.1. The van der Waals surface area contributed by atoms with E-state index in [-0.39, 0.29) is 0 Å². The molecular formula is C16H20N2S3. The topological polar surface area (TPSA) is 24.1 Å². The van der Waals surface area contributed by atoms with Crippen molar-refractivity contribution in [1.82, 2.24) is 5.32 Å². The molecule has 0 unspecified atom stereocenters. The standard InChI is InChI=1S/C16H20N2S3/c1-12-8-13(2)10-14(9-12)18-16(19)17-5-7-20-11-15-4-3-6-21-15/h3-4,6,8-10H,5,7,11H2,1-2H3,(H2,17,18,19). The van der Waals surface area contributed by atoms with E-state index in [0.717, 1.165) is 23.7 Å². The molecule has 2 aromatic rings. The van der Waals surface area contributed by atoms with Crippen LogP contribution < -0.4 is 10.6 Å². The monoisotopic (exact) mass is 336 g/mol. The van der Waals surface area contributed by atoms with E-state index in [2.05, 4.69) is 60.2 Å². The summed E-state index contributed by atoms with van der Waals surface area (Å²) < 4.78 is 0. The smallest absolute Gasteiger partial charge is 0.170 e. The van der Waals surface area contributed by atoms with Crippen LogP contribution in [-0.4, -0.2) is 17.4 Å². The Morgan fingerprint density at radius 2 is 2.00 bits per heavy atom.